The highest BCUT2D eigenvalue weighted by Crippen LogP contribution is 2.20. The van der Waals surface area contributed by atoms with E-state index in [2.05, 4.69) is 26.6 Å². The highest BCUT2D eigenvalue weighted by molar-refractivity contribution is 9.10. The van der Waals surface area contributed by atoms with Crippen molar-refractivity contribution in [2.45, 2.75) is 51.5 Å². The molecule has 0 bridgehead atoms. The maximum absolute atomic E-state index is 12.0. The molecule has 0 spiro atoms. The fourth-order valence-electron chi connectivity index (χ4n) is 2.68. The van der Waals surface area contributed by atoms with Gasteiger partial charge in [-0.3, -0.25) is 4.79 Å². The molecule has 0 aliphatic heterocycles. The lowest BCUT2D eigenvalue weighted by Gasteiger charge is -2.16. The van der Waals surface area contributed by atoms with Crippen molar-refractivity contribution >= 4 is 27.5 Å². The number of hydrogen-bond acceptors (Lipinski definition) is 2. The first-order valence-electron chi connectivity index (χ1n) is 7.44. The third kappa shape index (κ3) is 4.91. The van der Waals surface area contributed by atoms with Gasteiger partial charge in [-0.2, -0.15) is 0 Å². The zero-order chi connectivity index (χ0) is 14.4. The Labute approximate surface area is 129 Å². The number of nitrogens with one attached hydrogen (secondary N) is 2. The first-order chi connectivity index (χ1) is 9.65. The van der Waals surface area contributed by atoms with E-state index >= 15 is 0 Å². The lowest BCUT2D eigenvalue weighted by molar-refractivity contribution is -0.115. The number of hydrogen-bond donors (Lipinski definition) is 2. The van der Waals surface area contributed by atoms with Gasteiger partial charge in [0.2, 0.25) is 5.91 Å². The van der Waals surface area contributed by atoms with Crippen LogP contribution < -0.4 is 10.6 Å². The SMILES string of the molecule is Cc1cc(Br)ccc1NC(=O)CNC1CCCCCC1. The summed E-state index contributed by atoms with van der Waals surface area (Å²) < 4.78 is 1.03. The van der Waals surface area contributed by atoms with Crippen molar-refractivity contribution in [3.8, 4) is 0 Å². The zero-order valence-electron chi connectivity index (χ0n) is 12.0. The van der Waals surface area contributed by atoms with Gasteiger partial charge in [-0.1, -0.05) is 41.6 Å². The number of benzene rings is 1. The molecule has 20 heavy (non-hydrogen) atoms. The summed E-state index contributed by atoms with van der Waals surface area (Å²) >= 11 is 3.43. The largest absolute Gasteiger partial charge is 0.325 e. The van der Waals surface area contributed by atoms with Gasteiger partial charge in [0.15, 0.2) is 0 Å². The van der Waals surface area contributed by atoms with E-state index < -0.39 is 0 Å². The molecule has 1 aromatic rings. The molecule has 1 aliphatic carbocycles. The molecular formula is C16H23BrN2O. The van der Waals surface area contributed by atoms with Gasteiger partial charge >= 0.3 is 0 Å². The number of anilines is 1. The molecule has 0 unspecified atom stereocenters. The monoisotopic (exact) mass is 338 g/mol. The Bertz CT molecular complexity index is 454. The molecular weight excluding hydrogens is 316 g/mol. The first-order valence-corrected chi connectivity index (χ1v) is 8.24. The molecule has 0 atom stereocenters. The molecule has 2 rings (SSSR count). The van der Waals surface area contributed by atoms with Crippen molar-refractivity contribution in [2.75, 3.05) is 11.9 Å². The highest BCUT2D eigenvalue weighted by Gasteiger charge is 2.13. The Hall–Kier alpha value is -0.870. The fraction of sp³-hybridized carbons (Fsp3) is 0.562. The quantitative estimate of drug-likeness (QED) is 0.814. The molecule has 0 aromatic heterocycles. The van der Waals surface area contributed by atoms with E-state index in [1.54, 1.807) is 0 Å². The summed E-state index contributed by atoms with van der Waals surface area (Å²) in [5, 5.41) is 6.36. The van der Waals surface area contributed by atoms with Gasteiger partial charge in [-0.05, 0) is 43.5 Å². The van der Waals surface area contributed by atoms with E-state index in [0.717, 1.165) is 15.7 Å². The standard InChI is InChI=1S/C16H23BrN2O/c1-12-10-13(17)8-9-15(12)19-16(20)11-18-14-6-4-2-3-5-7-14/h8-10,14,18H,2-7,11H2,1H3,(H,19,20). The second-order valence-corrected chi connectivity index (χ2v) is 6.49. The number of halogens is 1. The Kier molecular flexibility index (Phi) is 6.05. The number of aryl methyl sites for hydroxylation is 1. The van der Waals surface area contributed by atoms with Crippen molar-refractivity contribution in [1.82, 2.24) is 5.32 Å². The summed E-state index contributed by atoms with van der Waals surface area (Å²) in [7, 11) is 0. The minimum absolute atomic E-state index is 0.0414. The minimum Gasteiger partial charge on any atom is -0.325 e. The van der Waals surface area contributed by atoms with Crippen molar-refractivity contribution < 1.29 is 4.79 Å². The Morgan fingerprint density at radius 3 is 2.60 bits per heavy atom. The van der Waals surface area contributed by atoms with E-state index in [0.29, 0.717) is 12.6 Å². The van der Waals surface area contributed by atoms with Gasteiger partial charge in [0, 0.05) is 16.2 Å². The van der Waals surface area contributed by atoms with Crippen LogP contribution in [-0.4, -0.2) is 18.5 Å². The molecule has 4 heteroatoms. The van der Waals surface area contributed by atoms with Crippen LogP contribution in [0.2, 0.25) is 0 Å². The van der Waals surface area contributed by atoms with Gasteiger partial charge in [0.25, 0.3) is 0 Å². The zero-order valence-corrected chi connectivity index (χ0v) is 13.6. The predicted octanol–water partition coefficient (Wildman–Crippen LogP) is 4.01. The van der Waals surface area contributed by atoms with Gasteiger partial charge in [0.1, 0.15) is 0 Å². The molecule has 1 amide bonds. The third-order valence-corrected chi connectivity index (χ3v) is 4.36. The van der Waals surface area contributed by atoms with Crippen LogP contribution in [0.25, 0.3) is 0 Å². The molecule has 0 radical (unpaired) electrons. The number of carbonyl (C=O) groups excluding carboxylic acids is 1. The third-order valence-electron chi connectivity index (χ3n) is 3.87. The Morgan fingerprint density at radius 2 is 1.95 bits per heavy atom. The van der Waals surface area contributed by atoms with Crippen LogP contribution in [0.15, 0.2) is 22.7 Å². The van der Waals surface area contributed by atoms with Crippen LogP contribution in [0, 0.1) is 6.92 Å². The number of carbonyl (C=O) groups is 1. The summed E-state index contributed by atoms with van der Waals surface area (Å²) in [5.41, 5.74) is 1.96. The van der Waals surface area contributed by atoms with Crippen molar-refractivity contribution in [3.63, 3.8) is 0 Å². The fourth-order valence-corrected chi connectivity index (χ4v) is 3.16. The van der Waals surface area contributed by atoms with Crippen LogP contribution >= 0.6 is 15.9 Å². The van der Waals surface area contributed by atoms with Crippen molar-refractivity contribution in [2.24, 2.45) is 0 Å². The molecule has 2 N–H and O–H groups in total. The summed E-state index contributed by atoms with van der Waals surface area (Å²) in [6.45, 7) is 2.40. The highest BCUT2D eigenvalue weighted by atomic mass is 79.9. The molecule has 3 nitrogen and oxygen atoms in total. The van der Waals surface area contributed by atoms with Crippen LogP contribution in [0.4, 0.5) is 5.69 Å². The lowest BCUT2D eigenvalue weighted by Crippen LogP contribution is -2.35. The minimum atomic E-state index is 0.0414. The summed E-state index contributed by atoms with van der Waals surface area (Å²) in [6.07, 6.45) is 7.64. The average molecular weight is 339 g/mol. The van der Waals surface area contributed by atoms with Gasteiger partial charge in [-0.25, -0.2) is 0 Å². The predicted molar refractivity (Wildman–Crippen MR) is 87.0 cm³/mol. The van der Waals surface area contributed by atoms with E-state index in [1.165, 1.54) is 38.5 Å². The smallest absolute Gasteiger partial charge is 0.238 e. The van der Waals surface area contributed by atoms with Crippen LogP contribution in [0.5, 0.6) is 0 Å². The van der Waals surface area contributed by atoms with Crippen LogP contribution in [0.3, 0.4) is 0 Å². The second kappa shape index (κ2) is 7.79. The Balaban J connectivity index is 1.79. The first kappa shape index (κ1) is 15.5. The topological polar surface area (TPSA) is 41.1 Å². The normalized spacial score (nSPS) is 16.7. The maximum atomic E-state index is 12.0. The van der Waals surface area contributed by atoms with Crippen molar-refractivity contribution in [3.05, 3.63) is 28.2 Å². The summed E-state index contributed by atoms with van der Waals surface area (Å²) in [4.78, 5) is 12.0. The molecule has 1 aliphatic rings. The number of amides is 1. The van der Waals surface area contributed by atoms with Crippen LogP contribution in [-0.2, 0) is 4.79 Å². The number of rotatable bonds is 4. The van der Waals surface area contributed by atoms with E-state index in [4.69, 9.17) is 0 Å². The molecule has 1 aromatic carbocycles. The molecule has 0 heterocycles. The molecule has 110 valence electrons. The van der Waals surface area contributed by atoms with Gasteiger partial charge in [0.05, 0.1) is 6.54 Å². The van der Waals surface area contributed by atoms with E-state index in [1.807, 2.05) is 25.1 Å². The Morgan fingerprint density at radius 1 is 1.25 bits per heavy atom. The molecule has 1 saturated carbocycles. The van der Waals surface area contributed by atoms with E-state index in [-0.39, 0.29) is 5.91 Å². The summed E-state index contributed by atoms with van der Waals surface area (Å²) in [6, 6.07) is 6.40. The van der Waals surface area contributed by atoms with Gasteiger partial charge < -0.3 is 10.6 Å². The van der Waals surface area contributed by atoms with Crippen LogP contribution in [0.1, 0.15) is 44.1 Å². The van der Waals surface area contributed by atoms with Crippen molar-refractivity contribution in [1.29, 1.82) is 0 Å². The summed E-state index contributed by atoms with van der Waals surface area (Å²) in [5.74, 6) is 0.0414. The lowest BCUT2D eigenvalue weighted by atomic mass is 10.1. The second-order valence-electron chi connectivity index (χ2n) is 5.58. The molecule has 1 fully saturated rings. The van der Waals surface area contributed by atoms with Gasteiger partial charge in [-0.15, -0.1) is 0 Å². The average Bonchev–Trinajstić information content (AvgIpc) is 2.68. The maximum Gasteiger partial charge on any atom is 0.238 e. The van der Waals surface area contributed by atoms with E-state index in [9.17, 15) is 4.79 Å². The molecule has 0 saturated heterocycles.